The summed E-state index contributed by atoms with van der Waals surface area (Å²) < 4.78 is 12.4. The highest BCUT2D eigenvalue weighted by molar-refractivity contribution is 14.1. The second kappa shape index (κ2) is 11.1. The zero-order chi connectivity index (χ0) is 21.4. The molecule has 9 heteroatoms. The van der Waals surface area contributed by atoms with Gasteiger partial charge in [0, 0.05) is 4.47 Å². The number of halogens is 2. The van der Waals surface area contributed by atoms with Crippen molar-refractivity contribution in [3.63, 3.8) is 0 Å². The summed E-state index contributed by atoms with van der Waals surface area (Å²) in [5.41, 5.74) is 3.62. The third kappa shape index (κ3) is 6.43. The summed E-state index contributed by atoms with van der Waals surface area (Å²) in [6.07, 6.45) is 1.50. The molecule has 2 N–H and O–H groups in total. The molecule has 29 heavy (non-hydrogen) atoms. The number of hydrogen-bond acceptors (Lipinski definition) is 5. The van der Waals surface area contributed by atoms with Gasteiger partial charge in [-0.05, 0) is 82.2 Å². The number of carbonyl (C=O) groups is 2. The summed E-state index contributed by atoms with van der Waals surface area (Å²) in [5, 5.41) is 6.62. The van der Waals surface area contributed by atoms with Gasteiger partial charge in [0.05, 0.1) is 29.1 Å². The summed E-state index contributed by atoms with van der Waals surface area (Å²) >= 11 is 5.46. The molecule has 1 unspecified atom stereocenters. The first-order valence-electron chi connectivity index (χ1n) is 8.76. The van der Waals surface area contributed by atoms with Gasteiger partial charge in [-0.3, -0.25) is 9.59 Å². The Morgan fingerprint density at radius 2 is 2.03 bits per heavy atom. The van der Waals surface area contributed by atoms with Crippen LogP contribution >= 0.6 is 38.5 Å². The number of nitrogens with zero attached hydrogens (tertiary/aromatic N) is 1. The van der Waals surface area contributed by atoms with Crippen LogP contribution in [0.1, 0.15) is 29.8 Å². The predicted molar refractivity (Wildman–Crippen MR) is 124 cm³/mol. The molecule has 0 heterocycles. The van der Waals surface area contributed by atoms with E-state index in [1.54, 1.807) is 38.3 Å². The van der Waals surface area contributed by atoms with E-state index >= 15 is 0 Å². The van der Waals surface area contributed by atoms with Gasteiger partial charge in [-0.1, -0.05) is 12.1 Å². The van der Waals surface area contributed by atoms with Gasteiger partial charge in [-0.2, -0.15) is 5.10 Å². The maximum absolute atomic E-state index is 12.3. The van der Waals surface area contributed by atoms with E-state index in [2.05, 4.69) is 54.4 Å². The van der Waals surface area contributed by atoms with Crippen molar-refractivity contribution in [3.05, 3.63) is 55.6 Å². The lowest BCUT2D eigenvalue weighted by Gasteiger charge is -2.13. The van der Waals surface area contributed by atoms with Crippen LogP contribution in [0.3, 0.4) is 0 Å². The van der Waals surface area contributed by atoms with Crippen LogP contribution < -0.4 is 20.2 Å². The van der Waals surface area contributed by atoms with Gasteiger partial charge in [0.25, 0.3) is 11.8 Å². The number of rotatable bonds is 8. The fourth-order valence-electron chi connectivity index (χ4n) is 2.38. The molecule has 2 rings (SSSR count). The van der Waals surface area contributed by atoms with Crippen molar-refractivity contribution in [2.45, 2.75) is 19.9 Å². The second-order valence-electron chi connectivity index (χ2n) is 5.88. The maximum Gasteiger partial charge on any atom is 0.262 e. The summed E-state index contributed by atoms with van der Waals surface area (Å²) in [5.74, 6) is 0.464. The lowest BCUT2D eigenvalue weighted by molar-refractivity contribution is -0.122. The zero-order valence-corrected chi connectivity index (χ0v) is 19.9. The monoisotopic (exact) mass is 573 g/mol. The molecule has 154 valence electrons. The molecule has 0 bridgehead atoms. The van der Waals surface area contributed by atoms with E-state index in [-0.39, 0.29) is 5.91 Å². The van der Waals surface area contributed by atoms with E-state index in [0.29, 0.717) is 28.1 Å². The van der Waals surface area contributed by atoms with Crippen LogP contribution in [0.15, 0.2) is 46.0 Å². The smallest absolute Gasteiger partial charge is 0.262 e. The van der Waals surface area contributed by atoms with E-state index in [4.69, 9.17) is 9.47 Å². The molecule has 0 aliphatic rings. The highest BCUT2D eigenvalue weighted by Gasteiger charge is 2.17. The minimum atomic E-state index is -0.762. The van der Waals surface area contributed by atoms with Crippen molar-refractivity contribution in [1.29, 1.82) is 0 Å². The van der Waals surface area contributed by atoms with Crippen molar-refractivity contribution in [3.8, 4) is 11.5 Å². The lowest BCUT2D eigenvalue weighted by atomic mass is 10.2. The molecule has 2 amide bonds. The highest BCUT2D eigenvalue weighted by atomic mass is 127. The molecule has 1 atom stereocenters. The van der Waals surface area contributed by atoms with E-state index in [9.17, 15) is 9.59 Å². The Morgan fingerprint density at radius 3 is 2.69 bits per heavy atom. The number of ether oxygens (including phenoxy) is 2. The third-order valence-corrected chi connectivity index (χ3v) is 5.28. The summed E-state index contributed by atoms with van der Waals surface area (Å²) in [7, 11) is 1.58. The number of hydrazone groups is 1. The summed E-state index contributed by atoms with van der Waals surface area (Å²) in [6, 6.07) is 9.86. The molecule has 2 aromatic rings. The number of amides is 2. The second-order valence-corrected chi connectivity index (χ2v) is 7.89. The molecule has 0 saturated carbocycles. The molecule has 0 aliphatic carbocycles. The Hall–Kier alpha value is -2.14. The first-order chi connectivity index (χ1) is 13.9. The molecule has 0 radical (unpaired) electrons. The number of benzene rings is 2. The van der Waals surface area contributed by atoms with Gasteiger partial charge in [-0.15, -0.1) is 0 Å². The van der Waals surface area contributed by atoms with Crippen molar-refractivity contribution >= 4 is 56.5 Å². The average molecular weight is 574 g/mol. The van der Waals surface area contributed by atoms with Crippen LogP contribution in [0, 0.1) is 3.57 Å². The Labute approximate surface area is 191 Å². The molecule has 0 fully saturated rings. The Bertz CT molecular complexity index is 921. The van der Waals surface area contributed by atoms with Crippen LogP contribution in [0.2, 0.25) is 0 Å². The molecule has 0 aromatic heterocycles. The number of carbonyl (C=O) groups excluding carboxylic acids is 2. The Kier molecular flexibility index (Phi) is 8.90. The average Bonchev–Trinajstić information content (AvgIpc) is 2.68. The summed E-state index contributed by atoms with van der Waals surface area (Å²) in [4.78, 5) is 24.5. The third-order valence-electron chi connectivity index (χ3n) is 3.78. The standard InChI is InChI=1S/C20H21BrIN3O4/c1-4-29-17-10-13(9-16(22)18(17)28-3)11-23-25-19(26)12(2)24-20(27)14-7-5-6-8-15(14)21/h5-12H,4H2,1-3H3,(H,24,27)(H,25,26). The largest absolute Gasteiger partial charge is 0.492 e. The molecular weight excluding hydrogens is 553 g/mol. The fraction of sp³-hybridized carbons (Fsp3) is 0.250. The first kappa shape index (κ1) is 23.1. The van der Waals surface area contributed by atoms with Crippen LogP contribution in [-0.4, -0.2) is 37.8 Å². The van der Waals surface area contributed by atoms with Gasteiger partial charge in [0.15, 0.2) is 11.5 Å². The van der Waals surface area contributed by atoms with Gasteiger partial charge in [0.2, 0.25) is 0 Å². The van der Waals surface area contributed by atoms with E-state index in [1.807, 2.05) is 19.1 Å². The van der Waals surface area contributed by atoms with Gasteiger partial charge in [-0.25, -0.2) is 5.43 Å². The molecule has 7 nitrogen and oxygen atoms in total. The normalized spacial score (nSPS) is 11.8. The molecule has 0 saturated heterocycles. The van der Waals surface area contributed by atoms with Crippen LogP contribution in [0.4, 0.5) is 0 Å². The zero-order valence-electron chi connectivity index (χ0n) is 16.2. The first-order valence-corrected chi connectivity index (χ1v) is 10.6. The highest BCUT2D eigenvalue weighted by Crippen LogP contribution is 2.33. The van der Waals surface area contributed by atoms with Crippen molar-refractivity contribution in [1.82, 2.24) is 10.7 Å². The van der Waals surface area contributed by atoms with Crippen LogP contribution in [0.5, 0.6) is 11.5 Å². The predicted octanol–water partition coefficient (Wildman–Crippen LogP) is 3.73. The van der Waals surface area contributed by atoms with Crippen molar-refractivity contribution < 1.29 is 19.1 Å². The molecular formula is C20H21BrIN3O4. The van der Waals surface area contributed by atoms with Crippen molar-refractivity contribution in [2.75, 3.05) is 13.7 Å². The van der Waals surface area contributed by atoms with Crippen molar-refractivity contribution in [2.24, 2.45) is 5.10 Å². The lowest BCUT2D eigenvalue weighted by Crippen LogP contribution is -2.43. The van der Waals surface area contributed by atoms with Crippen LogP contribution in [0.25, 0.3) is 0 Å². The SMILES string of the molecule is CCOc1cc(C=NNC(=O)C(C)NC(=O)c2ccccc2Br)cc(I)c1OC. The summed E-state index contributed by atoms with van der Waals surface area (Å²) in [6.45, 7) is 3.97. The fourth-order valence-corrected chi connectivity index (χ4v) is 3.69. The van der Waals surface area contributed by atoms with Gasteiger partial charge >= 0.3 is 0 Å². The van der Waals surface area contributed by atoms with Crippen LogP contribution in [-0.2, 0) is 4.79 Å². The quantitative estimate of drug-likeness (QED) is 0.286. The van der Waals surface area contributed by atoms with E-state index < -0.39 is 11.9 Å². The topological polar surface area (TPSA) is 89.0 Å². The van der Waals surface area contributed by atoms with E-state index in [1.165, 1.54) is 6.21 Å². The Morgan fingerprint density at radius 1 is 1.31 bits per heavy atom. The molecule has 2 aromatic carbocycles. The number of methoxy groups -OCH3 is 1. The van der Waals surface area contributed by atoms with Gasteiger partial charge < -0.3 is 14.8 Å². The van der Waals surface area contributed by atoms with E-state index in [0.717, 1.165) is 9.13 Å². The minimum absolute atomic E-state index is 0.352. The Balaban J connectivity index is 2.00. The number of nitrogens with one attached hydrogen (secondary N) is 2. The molecule has 0 spiro atoms. The maximum atomic E-state index is 12.3. The number of hydrogen-bond donors (Lipinski definition) is 2. The minimum Gasteiger partial charge on any atom is -0.492 e. The molecule has 0 aliphatic heterocycles. The van der Waals surface area contributed by atoms with Gasteiger partial charge in [0.1, 0.15) is 6.04 Å².